The van der Waals surface area contributed by atoms with Crippen molar-refractivity contribution in [3.8, 4) is 0 Å². The zero-order valence-electron chi connectivity index (χ0n) is 18.6. The van der Waals surface area contributed by atoms with Gasteiger partial charge in [0.15, 0.2) is 12.4 Å². The summed E-state index contributed by atoms with van der Waals surface area (Å²) in [4.78, 5) is 36.6. The van der Waals surface area contributed by atoms with E-state index in [0.717, 1.165) is 0 Å². The van der Waals surface area contributed by atoms with Crippen LogP contribution in [0.25, 0.3) is 0 Å². The average Bonchev–Trinajstić information content (AvgIpc) is 2.71. The van der Waals surface area contributed by atoms with Crippen LogP contribution in [0.1, 0.15) is 53.5 Å². The van der Waals surface area contributed by atoms with E-state index < -0.39 is 28.4 Å². The molecule has 0 spiro atoms. The highest BCUT2D eigenvalue weighted by atomic mass is 32.2. The average molecular weight is 461 g/mol. The lowest BCUT2D eigenvalue weighted by atomic mass is 10.1. The van der Waals surface area contributed by atoms with Crippen LogP contribution in [-0.2, 0) is 19.6 Å². The smallest absolute Gasteiger partial charge is 0.338 e. The number of carbonyl (C=O) groups excluding carboxylic acids is 3. The fourth-order valence-corrected chi connectivity index (χ4v) is 3.94. The molecule has 0 fully saturated rings. The largest absolute Gasteiger partial charge is 0.454 e. The minimum atomic E-state index is -3.73. The first-order valence-corrected chi connectivity index (χ1v) is 11.7. The monoisotopic (exact) mass is 460 g/mol. The zero-order chi connectivity index (χ0) is 23.9. The van der Waals surface area contributed by atoms with E-state index in [4.69, 9.17) is 4.74 Å². The molecular weight excluding hydrogens is 432 g/mol. The van der Waals surface area contributed by atoms with Gasteiger partial charge in [-0.3, -0.25) is 9.59 Å². The van der Waals surface area contributed by atoms with Gasteiger partial charge in [-0.2, -0.15) is 0 Å². The third-order valence-electron chi connectivity index (χ3n) is 4.49. The van der Waals surface area contributed by atoms with E-state index in [-0.39, 0.29) is 28.8 Å². The molecule has 2 aromatic carbocycles. The van der Waals surface area contributed by atoms with Crippen LogP contribution in [0, 0.1) is 12.8 Å². The van der Waals surface area contributed by atoms with Crippen molar-refractivity contribution >= 4 is 33.4 Å². The Balaban J connectivity index is 2.02. The fraction of sp³-hybridized carbons (Fsp3) is 0.348. The van der Waals surface area contributed by atoms with E-state index in [1.54, 1.807) is 26.0 Å². The summed E-state index contributed by atoms with van der Waals surface area (Å²) in [5.74, 6) is -1.09. The van der Waals surface area contributed by atoms with E-state index in [0.29, 0.717) is 23.2 Å². The second-order valence-corrected chi connectivity index (χ2v) is 9.47. The molecule has 172 valence electrons. The Hall–Kier alpha value is -3.04. The standard InChI is InChI=1S/C23H28N2O6S/c1-5-24-32(29,30)19-11-6-16(4)20(13-19)23(28)31-14-21(26)17-7-9-18(10-8-17)25-22(27)12-15(2)3/h6-11,13,15,24H,5,12,14H2,1-4H3,(H,25,27). The van der Waals surface area contributed by atoms with Crippen molar-refractivity contribution in [3.05, 3.63) is 59.2 Å². The molecule has 0 aliphatic carbocycles. The minimum Gasteiger partial charge on any atom is -0.454 e. The van der Waals surface area contributed by atoms with E-state index in [9.17, 15) is 22.8 Å². The molecule has 0 aromatic heterocycles. The van der Waals surface area contributed by atoms with E-state index >= 15 is 0 Å². The Morgan fingerprint density at radius 1 is 1.03 bits per heavy atom. The normalized spacial score (nSPS) is 11.3. The number of nitrogens with one attached hydrogen (secondary N) is 2. The van der Waals surface area contributed by atoms with Gasteiger partial charge < -0.3 is 10.1 Å². The molecule has 2 N–H and O–H groups in total. The molecule has 0 bridgehead atoms. The molecule has 8 nitrogen and oxygen atoms in total. The quantitative estimate of drug-likeness (QED) is 0.415. The number of esters is 1. The summed E-state index contributed by atoms with van der Waals surface area (Å²) in [5.41, 5.74) is 1.48. The van der Waals surface area contributed by atoms with Crippen molar-refractivity contribution in [2.75, 3.05) is 18.5 Å². The van der Waals surface area contributed by atoms with Gasteiger partial charge in [0.2, 0.25) is 15.9 Å². The number of carbonyl (C=O) groups is 3. The van der Waals surface area contributed by atoms with Gasteiger partial charge in [0.25, 0.3) is 0 Å². The number of amides is 1. The molecule has 0 radical (unpaired) electrons. The minimum absolute atomic E-state index is 0.0571. The van der Waals surface area contributed by atoms with Crippen molar-refractivity contribution < 1.29 is 27.5 Å². The number of anilines is 1. The predicted octanol–water partition coefficient (Wildman–Crippen LogP) is 3.32. The second kappa shape index (κ2) is 11.0. The molecule has 2 rings (SSSR count). The van der Waals surface area contributed by atoms with Gasteiger partial charge in [0, 0.05) is 24.2 Å². The number of benzene rings is 2. The van der Waals surface area contributed by atoms with Gasteiger partial charge in [-0.25, -0.2) is 17.9 Å². The SMILES string of the molecule is CCNS(=O)(=O)c1ccc(C)c(C(=O)OCC(=O)c2ccc(NC(=O)CC(C)C)cc2)c1. The second-order valence-electron chi connectivity index (χ2n) is 7.70. The molecule has 0 atom stereocenters. The van der Waals surface area contributed by atoms with Crippen LogP contribution < -0.4 is 10.0 Å². The van der Waals surface area contributed by atoms with E-state index in [1.165, 1.54) is 30.3 Å². The maximum absolute atomic E-state index is 12.5. The lowest BCUT2D eigenvalue weighted by Crippen LogP contribution is -2.23. The van der Waals surface area contributed by atoms with Crippen LogP contribution in [0.4, 0.5) is 5.69 Å². The molecule has 9 heteroatoms. The molecule has 0 unspecified atom stereocenters. The van der Waals surface area contributed by atoms with Crippen LogP contribution >= 0.6 is 0 Å². The van der Waals surface area contributed by atoms with Gasteiger partial charge in [0.1, 0.15) is 0 Å². The highest BCUT2D eigenvalue weighted by Crippen LogP contribution is 2.17. The molecular formula is C23H28N2O6S. The molecule has 0 aliphatic rings. The van der Waals surface area contributed by atoms with E-state index in [2.05, 4.69) is 10.0 Å². The number of Topliss-reactive ketones (excluding diaryl/α,β-unsaturated/α-hetero) is 1. The number of rotatable bonds is 10. The highest BCUT2D eigenvalue weighted by molar-refractivity contribution is 7.89. The number of sulfonamides is 1. The summed E-state index contributed by atoms with van der Waals surface area (Å²) >= 11 is 0. The van der Waals surface area contributed by atoms with Crippen LogP contribution in [0.15, 0.2) is 47.4 Å². The van der Waals surface area contributed by atoms with Gasteiger partial charge in [-0.15, -0.1) is 0 Å². The van der Waals surface area contributed by atoms with Crippen molar-refractivity contribution in [2.24, 2.45) is 5.92 Å². The van der Waals surface area contributed by atoms with Crippen molar-refractivity contribution in [3.63, 3.8) is 0 Å². The number of aryl methyl sites for hydroxylation is 1. The number of hydrogen-bond donors (Lipinski definition) is 2. The highest BCUT2D eigenvalue weighted by Gasteiger charge is 2.19. The van der Waals surface area contributed by atoms with Crippen molar-refractivity contribution in [1.82, 2.24) is 4.72 Å². The number of hydrogen-bond acceptors (Lipinski definition) is 6. The van der Waals surface area contributed by atoms with Crippen LogP contribution in [0.5, 0.6) is 0 Å². The van der Waals surface area contributed by atoms with Gasteiger partial charge in [-0.05, 0) is 54.8 Å². The fourth-order valence-electron chi connectivity index (χ4n) is 2.88. The zero-order valence-corrected chi connectivity index (χ0v) is 19.4. The number of ether oxygens (including phenoxy) is 1. The summed E-state index contributed by atoms with van der Waals surface area (Å²) in [5, 5.41) is 2.75. The Labute approximate surface area is 188 Å². The van der Waals surface area contributed by atoms with Crippen LogP contribution in [0.2, 0.25) is 0 Å². The maximum Gasteiger partial charge on any atom is 0.338 e. The molecule has 2 aromatic rings. The van der Waals surface area contributed by atoms with Crippen LogP contribution in [-0.4, -0.2) is 39.2 Å². The van der Waals surface area contributed by atoms with Gasteiger partial charge in [-0.1, -0.05) is 26.8 Å². The Morgan fingerprint density at radius 3 is 2.28 bits per heavy atom. The Morgan fingerprint density at radius 2 is 1.69 bits per heavy atom. The lowest BCUT2D eigenvalue weighted by molar-refractivity contribution is -0.116. The lowest BCUT2D eigenvalue weighted by Gasteiger charge is -2.10. The van der Waals surface area contributed by atoms with Crippen molar-refractivity contribution in [1.29, 1.82) is 0 Å². The first-order valence-electron chi connectivity index (χ1n) is 10.2. The maximum atomic E-state index is 12.5. The molecule has 0 saturated carbocycles. The summed E-state index contributed by atoms with van der Waals surface area (Å²) in [6.45, 7) is 6.90. The molecule has 32 heavy (non-hydrogen) atoms. The first kappa shape index (κ1) is 25.2. The summed E-state index contributed by atoms with van der Waals surface area (Å²) in [6, 6.07) is 10.4. The Bertz CT molecular complexity index is 1090. The third-order valence-corrected chi connectivity index (χ3v) is 6.04. The summed E-state index contributed by atoms with van der Waals surface area (Å²) in [7, 11) is -3.73. The van der Waals surface area contributed by atoms with Crippen molar-refractivity contribution in [2.45, 2.75) is 39.0 Å². The summed E-state index contributed by atoms with van der Waals surface area (Å²) in [6.07, 6.45) is 0.396. The molecule has 0 saturated heterocycles. The third kappa shape index (κ3) is 7.00. The number of ketones is 1. The van der Waals surface area contributed by atoms with Crippen LogP contribution in [0.3, 0.4) is 0 Å². The molecule has 0 aliphatic heterocycles. The first-order chi connectivity index (χ1) is 15.0. The van der Waals surface area contributed by atoms with Gasteiger partial charge >= 0.3 is 5.97 Å². The molecule has 1 amide bonds. The van der Waals surface area contributed by atoms with Gasteiger partial charge in [0.05, 0.1) is 10.5 Å². The summed E-state index contributed by atoms with van der Waals surface area (Å²) < 4.78 is 31.8. The van der Waals surface area contributed by atoms with E-state index in [1.807, 2.05) is 13.8 Å². The Kier molecular flexibility index (Phi) is 8.68. The molecule has 0 heterocycles. The topological polar surface area (TPSA) is 119 Å². The predicted molar refractivity (Wildman–Crippen MR) is 121 cm³/mol.